The van der Waals surface area contributed by atoms with Crippen molar-refractivity contribution in [3.8, 4) is 11.5 Å². The van der Waals surface area contributed by atoms with Crippen molar-refractivity contribution in [3.05, 3.63) is 54.1 Å². The number of carbonyl (C=O) groups excluding carboxylic acids is 1. The Hall–Kier alpha value is -2.74. The number of halogens is 3. The molecule has 1 aliphatic rings. The van der Waals surface area contributed by atoms with Crippen LogP contribution in [-0.2, 0) is 4.74 Å². The lowest BCUT2D eigenvalue weighted by atomic mass is 10.1. The van der Waals surface area contributed by atoms with Crippen LogP contribution in [0.1, 0.15) is 23.2 Å². The van der Waals surface area contributed by atoms with E-state index in [0.29, 0.717) is 23.6 Å². The molecule has 1 heterocycles. The molecule has 28 heavy (non-hydrogen) atoms. The summed E-state index contributed by atoms with van der Waals surface area (Å²) in [6.45, 7) is -0.275. The molecule has 1 unspecified atom stereocenters. The summed E-state index contributed by atoms with van der Waals surface area (Å²) in [5.74, 6) is 0.128. The molecule has 0 spiro atoms. The minimum absolute atomic E-state index is 0.0281. The molecule has 1 aliphatic heterocycles. The van der Waals surface area contributed by atoms with Crippen molar-refractivity contribution in [2.75, 3.05) is 25.1 Å². The van der Waals surface area contributed by atoms with Gasteiger partial charge in [-0.15, -0.1) is 0 Å². The summed E-state index contributed by atoms with van der Waals surface area (Å²) in [4.78, 5) is 12.6. The lowest BCUT2D eigenvalue weighted by Gasteiger charge is -2.15. The second-order valence-electron chi connectivity index (χ2n) is 6.32. The summed E-state index contributed by atoms with van der Waals surface area (Å²) in [6, 6.07) is 12.5. The zero-order chi connectivity index (χ0) is 20.0. The molecule has 150 valence electrons. The third-order valence-electron chi connectivity index (χ3n) is 4.10. The first-order chi connectivity index (χ1) is 13.4. The van der Waals surface area contributed by atoms with Crippen LogP contribution in [0.15, 0.2) is 48.5 Å². The maximum atomic E-state index is 12.6. The van der Waals surface area contributed by atoms with E-state index in [-0.39, 0.29) is 17.8 Å². The smallest absolute Gasteiger partial charge is 0.422 e. The highest BCUT2D eigenvalue weighted by Crippen LogP contribution is 2.23. The average molecular weight is 395 g/mol. The molecule has 1 saturated heterocycles. The van der Waals surface area contributed by atoms with Crippen LogP contribution < -0.4 is 14.8 Å². The molecule has 1 N–H and O–H groups in total. The number of amides is 1. The molecular formula is C20H20F3NO4. The highest BCUT2D eigenvalue weighted by molar-refractivity contribution is 6.06. The first-order valence-electron chi connectivity index (χ1n) is 8.85. The Morgan fingerprint density at radius 2 is 1.86 bits per heavy atom. The van der Waals surface area contributed by atoms with Crippen molar-refractivity contribution in [2.45, 2.75) is 25.1 Å². The van der Waals surface area contributed by atoms with E-state index >= 15 is 0 Å². The number of hydrogen-bond acceptors (Lipinski definition) is 4. The molecular weight excluding hydrogens is 375 g/mol. The minimum atomic E-state index is -4.40. The van der Waals surface area contributed by atoms with Gasteiger partial charge in [0, 0.05) is 12.3 Å². The van der Waals surface area contributed by atoms with Gasteiger partial charge in [-0.3, -0.25) is 4.79 Å². The van der Waals surface area contributed by atoms with E-state index < -0.39 is 12.8 Å². The number of rotatable bonds is 7. The molecule has 8 heteroatoms. The van der Waals surface area contributed by atoms with Gasteiger partial charge in [0.25, 0.3) is 5.91 Å². The lowest BCUT2D eigenvalue weighted by molar-refractivity contribution is -0.153. The number of carbonyl (C=O) groups is 1. The van der Waals surface area contributed by atoms with Gasteiger partial charge in [0.15, 0.2) is 6.61 Å². The number of anilines is 1. The van der Waals surface area contributed by atoms with Gasteiger partial charge in [-0.1, -0.05) is 12.1 Å². The Balaban J connectivity index is 1.59. The van der Waals surface area contributed by atoms with Crippen LogP contribution in [-0.4, -0.2) is 38.0 Å². The quantitative estimate of drug-likeness (QED) is 0.753. The van der Waals surface area contributed by atoms with Crippen molar-refractivity contribution in [2.24, 2.45) is 0 Å². The van der Waals surface area contributed by atoms with Gasteiger partial charge in [-0.25, -0.2) is 0 Å². The first-order valence-corrected chi connectivity index (χ1v) is 8.85. The van der Waals surface area contributed by atoms with Crippen molar-refractivity contribution in [1.82, 2.24) is 0 Å². The van der Waals surface area contributed by atoms with E-state index in [1.54, 1.807) is 24.3 Å². The van der Waals surface area contributed by atoms with Crippen LogP contribution in [0.3, 0.4) is 0 Å². The van der Waals surface area contributed by atoms with Gasteiger partial charge < -0.3 is 19.5 Å². The van der Waals surface area contributed by atoms with Gasteiger partial charge >= 0.3 is 6.18 Å². The molecule has 2 aromatic carbocycles. The molecule has 1 amide bonds. The van der Waals surface area contributed by atoms with E-state index in [0.717, 1.165) is 19.4 Å². The molecule has 5 nitrogen and oxygen atoms in total. The molecule has 0 radical (unpaired) electrons. The van der Waals surface area contributed by atoms with Crippen molar-refractivity contribution in [3.63, 3.8) is 0 Å². The van der Waals surface area contributed by atoms with Gasteiger partial charge in [-0.2, -0.15) is 13.2 Å². The normalized spacial score (nSPS) is 16.6. The van der Waals surface area contributed by atoms with E-state index in [1.807, 2.05) is 0 Å². The highest BCUT2D eigenvalue weighted by Gasteiger charge is 2.28. The number of nitrogens with one attached hydrogen (secondary N) is 1. The molecule has 0 saturated carbocycles. The van der Waals surface area contributed by atoms with Gasteiger partial charge in [0.2, 0.25) is 0 Å². The SMILES string of the molecule is O=C(Nc1ccc(OCC(F)(F)F)cc1)c1ccccc1OCC1CCCO1. The predicted molar refractivity (Wildman–Crippen MR) is 96.9 cm³/mol. The molecule has 0 aromatic heterocycles. The van der Waals surface area contributed by atoms with Crippen LogP contribution in [0.5, 0.6) is 11.5 Å². The summed E-state index contributed by atoms with van der Waals surface area (Å²) < 4.78 is 52.4. The molecule has 3 rings (SSSR count). The standard InChI is InChI=1S/C20H20F3NO4/c21-20(22,23)13-28-15-9-7-14(8-10-15)24-19(25)17-5-1-2-6-18(17)27-12-16-4-3-11-26-16/h1-2,5-10,16H,3-4,11-13H2,(H,24,25). The van der Waals surface area contributed by atoms with Gasteiger partial charge in [-0.05, 0) is 49.2 Å². The lowest BCUT2D eigenvalue weighted by Crippen LogP contribution is -2.19. The molecule has 1 fully saturated rings. The first kappa shape index (κ1) is 20.0. The highest BCUT2D eigenvalue weighted by atomic mass is 19.4. The largest absolute Gasteiger partial charge is 0.490 e. The van der Waals surface area contributed by atoms with Crippen molar-refractivity contribution in [1.29, 1.82) is 0 Å². The zero-order valence-electron chi connectivity index (χ0n) is 15.0. The van der Waals surface area contributed by atoms with Crippen LogP contribution in [0, 0.1) is 0 Å². The Bertz CT molecular complexity index is 787. The Kier molecular flexibility index (Phi) is 6.41. The number of alkyl halides is 3. The second-order valence-corrected chi connectivity index (χ2v) is 6.32. The monoisotopic (exact) mass is 395 g/mol. The fraction of sp³-hybridized carbons (Fsp3) is 0.350. The van der Waals surface area contributed by atoms with E-state index in [2.05, 4.69) is 10.1 Å². The minimum Gasteiger partial charge on any atom is -0.490 e. The Morgan fingerprint density at radius 1 is 1.11 bits per heavy atom. The van der Waals surface area contributed by atoms with Crippen LogP contribution in [0.2, 0.25) is 0 Å². The average Bonchev–Trinajstić information content (AvgIpc) is 3.19. The number of para-hydroxylation sites is 1. The van der Waals surface area contributed by atoms with Crippen molar-refractivity contribution < 1.29 is 32.2 Å². The summed E-state index contributed by atoms with van der Waals surface area (Å²) in [5, 5.41) is 2.70. The van der Waals surface area contributed by atoms with Crippen LogP contribution >= 0.6 is 0 Å². The molecule has 0 aliphatic carbocycles. The van der Waals surface area contributed by atoms with E-state index in [1.165, 1.54) is 24.3 Å². The summed E-state index contributed by atoms with van der Waals surface area (Å²) in [6.07, 6.45) is -2.45. The predicted octanol–water partition coefficient (Wildman–Crippen LogP) is 4.44. The Labute approximate surface area is 160 Å². The third kappa shape index (κ3) is 5.88. The molecule has 0 bridgehead atoms. The van der Waals surface area contributed by atoms with Crippen LogP contribution in [0.4, 0.5) is 18.9 Å². The second kappa shape index (κ2) is 8.97. The number of ether oxygens (including phenoxy) is 3. The number of benzene rings is 2. The maximum absolute atomic E-state index is 12.6. The van der Waals surface area contributed by atoms with E-state index in [9.17, 15) is 18.0 Å². The number of hydrogen-bond donors (Lipinski definition) is 1. The Morgan fingerprint density at radius 3 is 2.54 bits per heavy atom. The third-order valence-corrected chi connectivity index (χ3v) is 4.10. The van der Waals surface area contributed by atoms with Gasteiger partial charge in [0.1, 0.15) is 18.1 Å². The van der Waals surface area contributed by atoms with Gasteiger partial charge in [0.05, 0.1) is 11.7 Å². The summed E-state index contributed by atoms with van der Waals surface area (Å²) >= 11 is 0. The fourth-order valence-corrected chi connectivity index (χ4v) is 2.74. The molecule has 1 atom stereocenters. The topological polar surface area (TPSA) is 56.8 Å². The zero-order valence-corrected chi connectivity index (χ0v) is 15.0. The summed E-state index contributed by atoms with van der Waals surface area (Å²) in [7, 11) is 0. The van der Waals surface area contributed by atoms with Crippen molar-refractivity contribution >= 4 is 11.6 Å². The van der Waals surface area contributed by atoms with E-state index in [4.69, 9.17) is 9.47 Å². The summed E-state index contributed by atoms with van der Waals surface area (Å²) in [5.41, 5.74) is 0.788. The van der Waals surface area contributed by atoms with Crippen LogP contribution in [0.25, 0.3) is 0 Å². The molecule has 2 aromatic rings. The fourth-order valence-electron chi connectivity index (χ4n) is 2.74. The maximum Gasteiger partial charge on any atom is 0.422 e.